The maximum Gasteiger partial charge on any atom is 0.254 e. The van der Waals surface area contributed by atoms with Crippen LogP contribution in [-0.4, -0.2) is 55.2 Å². The Morgan fingerprint density at radius 1 is 1.10 bits per heavy atom. The zero-order chi connectivity index (χ0) is 20.6. The van der Waals surface area contributed by atoms with Gasteiger partial charge in [0.15, 0.2) is 0 Å². The van der Waals surface area contributed by atoms with Gasteiger partial charge in [-0.25, -0.2) is 5.43 Å². The van der Waals surface area contributed by atoms with Crippen molar-refractivity contribution in [1.29, 1.82) is 0 Å². The number of likely N-dealkylation sites (tertiary alicyclic amines) is 1. The molecule has 1 saturated heterocycles. The van der Waals surface area contributed by atoms with E-state index in [1.807, 2.05) is 0 Å². The summed E-state index contributed by atoms with van der Waals surface area (Å²) >= 11 is 0. The van der Waals surface area contributed by atoms with Crippen LogP contribution in [0, 0.1) is 5.92 Å². The van der Waals surface area contributed by atoms with E-state index in [9.17, 15) is 9.59 Å². The second kappa shape index (κ2) is 9.68. The third-order valence-corrected chi connectivity index (χ3v) is 4.85. The predicted octanol–water partition coefficient (Wildman–Crippen LogP) is 2.10. The number of pyridine rings is 1. The lowest BCUT2D eigenvalue weighted by molar-refractivity contribution is -0.126. The molecule has 1 fully saturated rings. The Bertz CT molecular complexity index is 855. The average molecular weight is 396 g/mol. The van der Waals surface area contributed by atoms with E-state index in [4.69, 9.17) is 9.47 Å². The van der Waals surface area contributed by atoms with E-state index in [1.165, 1.54) is 0 Å². The number of carbonyl (C=O) groups excluding carboxylic acids is 2. The van der Waals surface area contributed by atoms with Gasteiger partial charge >= 0.3 is 0 Å². The lowest BCUT2D eigenvalue weighted by Gasteiger charge is -2.31. The molecule has 0 unspecified atom stereocenters. The van der Waals surface area contributed by atoms with Gasteiger partial charge in [-0.3, -0.25) is 14.6 Å². The predicted molar refractivity (Wildman–Crippen MR) is 108 cm³/mol. The molecule has 152 valence electrons. The van der Waals surface area contributed by atoms with Crippen LogP contribution in [0.15, 0.2) is 47.8 Å². The Balaban J connectivity index is 1.54. The number of rotatable bonds is 6. The van der Waals surface area contributed by atoms with Crippen molar-refractivity contribution in [2.75, 3.05) is 27.3 Å². The number of nitrogens with one attached hydrogen (secondary N) is 1. The second-order valence-corrected chi connectivity index (χ2v) is 6.68. The van der Waals surface area contributed by atoms with Gasteiger partial charge in [0.2, 0.25) is 5.91 Å². The summed E-state index contributed by atoms with van der Waals surface area (Å²) in [6.45, 7) is 1.01. The summed E-state index contributed by atoms with van der Waals surface area (Å²) in [5.41, 5.74) is 3.94. The van der Waals surface area contributed by atoms with E-state index in [2.05, 4.69) is 15.5 Å². The highest BCUT2D eigenvalue weighted by Crippen LogP contribution is 2.25. The van der Waals surface area contributed by atoms with E-state index in [-0.39, 0.29) is 17.7 Å². The van der Waals surface area contributed by atoms with Gasteiger partial charge in [0.05, 0.1) is 20.4 Å². The Morgan fingerprint density at radius 2 is 1.72 bits per heavy atom. The molecule has 1 aromatic carbocycles. The van der Waals surface area contributed by atoms with Crippen LogP contribution < -0.4 is 14.9 Å². The number of amides is 2. The normalized spacial score (nSPS) is 14.6. The van der Waals surface area contributed by atoms with Crippen molar-refractivity contribution >= 4 is 18.0 Å². The van der Waals surface area contributed by atoms with Gasteiger partial charge in [0, 0.05) is 43.0 Å². The Labute approximate surface area is 169 Å². The maximum absolute atomic E-state index is 12.8. The minimum Gasteiger partial charge on any atom is -0.497 e. The van der Waals surface area contributed by atoms with Crippen LogP contribution >= 0.6 is 0 Å². The number of carbonyl (C=O) groups is 2. The van der Waals surface area contributed by atoms with Crippen molar-refractivity contribution in [2.45, 2.75) is 12.8 Å². The van der Waals surface area contributed by atoms with Crippen molar-refractivity contribution in [1.82, 2.24) is 15.3 Å². The number of hydrogen-bond donors (Lipinski definition) is 1. The van der Waals surface area contributed by atoms with Crippen molar-refractivity contribution in [2.24, 2.45) is 11.0 Å². The van der Waals surface area contributed by atoms with Crippen LogP contribution in [0.5, 0.6) is 11.5 Å². The Morgan fingerprint density at radius 3 is 2.31 bits per heavy atom. The molecule has 29 heavy (non-hydrogen) atoms. The fourth-order valence-electron chi connectivity index (χ4n) is 3.17. The quantitative estimate of drug-likeness (QED) is 0.596. The van der Waals surface area contributed by atoms with Gasteiger partial charge in [-0.1, -0.05) is 0 Å². The number of piperidine rings is 1. The van der Waals surface area contributed by atoms with Gasteiger partial charge in [0.1, 0.15) is 11.5 Å². The van der Waals surface area contributed by atoms with Crippen LogP contribution in [0.3, 0.4) is 0 Å². The molecule has 0 saturated carbocycles. The van der Waals surface area contributed by atoms with Crippen molar-refractivity contribution in [3.05, 3.63) is 53.9 Å². The largest absolute Gasteiger partial charge is 0.497 e. The van der Waals surface area contributed by atoms with E-state index in [0.29, 0.717) is 43.0 Å². The number of hydrogen-bond acceptors (Lipinski definition) is 6. The number of aromatic nitrogens is 1. The first-order valence-electron chi connectivity index (χ1n) is 9.36. The number of methoxy groups -OCH3 is 2. The molecule has 2 aromatic rings. The lowest BCUT2D eigenvalue weighted by Crippen LogP contribution is -2.42. The summed E-state index contributed by atoms with van der Waals surface area (Å²) < 4.78 is 10.5. The SMILES string of the molecule is COc1cc(OC)cc(C(=O)N2CCC(C(=O)N/N=C\c3ccncc3)CC2)c1. The smallest absolute Gasteiger partial charge is 0.254 e. The van der Waals surface area contributed by atoms with Crippen LogP contribution in [0.2, 0.25) is 0 Å². The fourth-order valence-corrected chi connectivity index (χ4v) is 3.17. The van der Waals surface area contributed by atoms with Gasteiger partial charge in [0.25, 0.3) is 5.91 Å². The van der Waals surface area contributed by atoms with E-state index < -0.39 is 0 Å². The van der Waals surface area contributed by atoms with Gasteiger partial charge in [-0.05, 0) is 42.7 Å². The molecule has 0 atom stereocenters. The summed E-state index contributed by atoms with van der Waals surface area (Å²) in [7, 11) is 3.09. The maximum atomic E-state index is 12.8. The molecule has 2 amide bonds. The Kier molecular flexibility index (Phi) is 6.78. The van der Waals surface area contributed by atoms with Crippen LogP contribution in [0.4, 0.5) is 0 Å². The molecule has 1 aromatic heterocycles. The first-order chi connectivity index (χ1) is 14.1. The number of benzene rings is 1. The first-order valence-corrected chi connectivity index (χ1v) is 9.36. The number of ether oxygens (including phenoxy) is 2. The van der Waals surface area contributed by atoms with E-state index in [1.54, 1.807) is 68.1 Å². The molecule has 8 heteroatoms. The Hall–Kier alpha value is -3.42. The molecule has 8 nitrogen and oxygen atoms in total. The molecule has 1 aliphatic heterocycles. The molecule has 2 heterocycles. The summed E-state index contributed by atoms with van der Waals surface area (Å²) in [6.07, 6.45) is 6.07. The minimum absolute atomic E-state index is 0.100. The molecular formula is C21H24N4O4. The summed E-state index contributed by atoms with van der Waals surface area (Å²) in [5.74, 6) is 0.721. The van der Waals surface area contributed by atoms with Gasteiger partial charge in [-0.2, -0.15) is 5.10 Å². The highest BCUT2D eigenvalue weighted by Gasteiger charge is 2.28. The topological polar surface area (TPSA) is 93.1 Å². The van der Waals surface area contributed by atoms with Crippen molar-refractivity contribution in [3.63, 3.8) is 0 Å². The summed E-state index contributed by atoms with van der Waals surface area (Å²) in [5, 5.41) is 4.00. The van der Waals surface area contributed by atoms with Gasteiger partial charge < -0.3 is 14.4 Å². The monoisotopic (exact) mass is 396 g/mol. The van der Waals surface area contributed by atoms with E-state index in [0.717, 1.165) is 5.56 Å². The summed E-state index contributed by atoms with van der Waals surface area (Å²) in [4.78, 5) is 30.8. The average Bonchev–Trinajstić information content (AvgIpc) is 2.78. The van der Waals surface area contributed by atoms with Crippen molar-refractivity contribution < 1.29 is 19.1 Å². The molecule has 0 radical (unpaired) electrons. The third-order valence-electron chi connectivity index (χ3n) is 4.85. The van der Waals surface area contributed by atoms with Gasteiger partial charge in [-0.15, -0.1) is 0 Å². The molecule has 0 bridgehead atoms. The molecule has 1 aliphatic rings. The van der Waals surface area contributed by atoms with Crippen LogP contribution in [0.25, 0.3) is 0 Å². The number of nitrogens with zero attached hydrogens (tertiary/aromatic N) is 3. The van der Waals surface area contributed by atoms with E-state index >= 15 is 0 Å². The zero-order valence-corrected chi connectivity index (χ0v) is 16.5. The standard InChI is InChI=1S/C21H24N4O4/c1-28-18-11-17(12-19(13-18)29-2)21(27)25-9-5-16(6-10-25)20(26)24-23-14-15-3-7-22-8-4-15/h3-4,7-8,11-14,16H,5-6,9-10H2,1-2H3,(H,24,26)/b23-14-. The molecule has 0 aliphatic carbocycles. The lowest BCUT2D eigenvalue weighted by atomic mass is 9.95. The molecule has 0 spiro atoms. The molecule has 1 N–H and O–H groups in total. The summed E-state index contributed by atoms with van der Waals surface area (Å²) in [6, 6.07) is 8.70. The zero-order valence-electron chi connectivity index (χ0n) is 16.5. The third kappa shape index (κ3) is 5.31. The van der Waals surface area contributed by atoms with Crippen LogP contribution in [-0.2, 0) is 4.79 Å². The van der Waals surface area contributed by atoms with Crippen LogP contribution in [0.1, 0.15) is 28.8 Å². The molecule has 3 rings (SSSR count). The second-order valence-electron chi connectivity index (χ2n) is 6.68. The highest BCUT2D eigenvalue weighted by molar-refractivity contribution is 5.95. The number of hydrazone groups is 1. The van der Waals surface area contributed by atoms with Crippen molar-refractivity contribution in [3.8, 4) is 11.5 Å². The highest BCUT2D eigenvalue weighted by atomic mass is 16.5. The molecular weight excluding hydrogens is 372 g/mol. The fraction of sp³-hybridized carbons (Fsp3) is 0.333. The first kappa shape index (κ1) is 20.3. The minimum atomic E-state index is -0.173.